The van der Waals surface area contributed by atoms with E-state index in [4.69, 9.17) is 0 Å². The molecular formula is C14H20BrFN2. The molecule has 1 aliphatic heterocycles. The maximum absolute atomic E-state index is 13.3. The molecule has 100 valence electrons. The zero-order valence-electron chi connectivity index (χ0n) is 10.8. The molecule has 1 fully saturated rings. The largest absolute Gasteiger partial charge is 0.313 e. The Morgan fingerprint density at radius 1 is 1.44 bits per heavy atom. The Morgan fingerprint density at radius 2 is 2.28 bits per heavy atom. The Balaban J connectivity index is 1.95. The molecule has 0 aromatic heterocycles. The summed E-state index contributed by atoms with van der Waals surface area (Å²) in [4.78, 5) is 2.37. The van der Waals surface area contributed by atoms with Crippen molar-refractivity contribution in [2.75, 3.05) is 19.6 Å². The third-order valence-electron chi connectivity index (χ3n) is 3.42. The lowest BCUT2D eigenvalue weighted by molar-refractivity contribution is 0.253. The number of hydrogen-bond donors (Lipinski definition) is 1. The van der Waals surface area contributed by atoms with Gasteiger partial charge in [0.05, 0.1) is 0 Å². The second-order valence-corrected chi connectivity index (χ2v) is 5.81. The zero-order valence-corrected chi connectivity index (χ0v) is 12.3. The van der Waals surface area contributed by atoms with Crippen molar-refractivity contribution < 1.29 is 4.39 Å². The molecule has 1 aromatic rings. The quantitative estimate of drug-likeness (QED) is 0.898. The summed E-state index contributed by atoms with van der Waals surface area (Å²) >= 11 is 3.34. The van der Waals surface area contributed by atoms with Crippen molar-refractivity contribution in [1.82, 2.24) is 10.2 Å². The van der Waals surface area contributed by atoms with Crippen molar-refractivity contribution in [1.29, 1.82) is 0 Å². The summed E-state index contributed by atoms with van der Waals surface area (Å²) in [5, 5.41) is 3.50. The summed E-state index contributed by atoms with van der Waals surface area (Å²) in [6.45, 7) is 6.14. The standard InChI is InChI=1S/C14H20BrFN2/c1-2-18(10-14-4-3-5-17-14)9-11-6-12(15)8-13(16)7-11/h6-8,14,17H,2-5,9-10H2,1H3. The van der Waals surface area contributed by atoms with Gasteiger partial charge in [-0.05, 0) is 49.7 Å². The van der Waals surface area contributed by atoms with Crippen molar-refractivity contribution in [2.45, 2.75) is 32.4 Å². The van der Waals surface area contributed by atoms with Crippen LogP contribution >= 0.6 is 15.9 Å². The van der Waals surface area contributed by atoms with Crippen LogP contribution < -0.4 is 5.32 Å². The van der Waals surface area contributed by atoms with Crippen molar-refractivity contribution in [3.63, 3.8) is 0 Å². The van der Waals surface area contributed by atoms with Crippen LogP contribution in [0.1, 0.15) is 25.3 Å². The monoisotopic (exact) mass is 314 g/mol. The fourth-order valence-corrected chi connectivity index (χ4v) is 3.00. The lowest BCUT2D eigenvalue weighted by Crippen LogP contribution is -2.37. The summed E-state index contributed by atoms with van der Waals surface area (Å²) in [6, 6.07) is 5.71. The number of benzene rings is 1. The molecular weight excluding hydrogens is 295 g/mol. The minimum Gasteiger partial charge on any atom is -0.313 e. The van der Waals surface area contributed by atoms with E-state index in [1.54, 1.807) is 6.07 Å². The van der Waals surface area contributed by atoms with E-state index in [1.165, 1.54) is 18.9 Å². The molecule has 1 saturated heterocycles. The highest BCUT2D eigenvalue weighted by molar-refractivity contribution is 9.10. The molecule has 4 heteroatoms. The van der Waals surface area contributed by atoms with Crippen LogP contribution in [0.4, 0.5) is 4.39 Å². The van der Waals surface area contributed by atoms with E-state index in [1.807, 2.05) is 6.07 Å². The number of likely N-dealkylation sites (N-methyl/N-ethyl adjacent to an activating group) is 1. The van der Waals surface area contributed by atoms with Crippen LogP contribution in [0.25, 0.3) is 0 Å². The Morgan fingerprint density at radius 3 is 2.89 bits per heavy atom. The lowest BCUT2D eigenvalue weighted by Gasteiger charge is -2.24. The first-order valence-corrected chi connectivity index (χ1v) is 7.37. The molecule has 1 unspecified atom stereocenters. The molecule has 0 saturated carbocycles. The Bertz CT molecular complexity index is 371. The van der Waals surface area contributed by atoms with Gasteiger partial charge in [0, 0.05) is 23.6 Å². The predicted molar refractivity (Wildman–Crippen MR) is 76.1 cm³/mol. The van der Waals surface area contributed by atoms with E-state index in [0.29, 0.717) is 6.04 Å². The van der Waals surface area contributed by atoms with Crippen LogP contribution in [0, 0.1) is 5.82 Å². The van der Waals surface area contributed by atoms with Crippen molar-refractivity contribution in [3.8, 4) is 0 Å². The second-order valence-electron chi connectivity index (χ2n) is 4.90. The van der Waals surface area contributed by atoms with Gasteiger partial charge in [-0.1, -0.05) is 22.9 Å². The molecule has 0 spiro atoms. The number of nitrogens with one attached hydrogen (secondary N) is 1. The molecule has 2 rings (SSSR count). The van der Waals surface area contributed by atoms with E-state index >= 15 is 0 Å². The van der Waals surface area contributed by atoms with Crippen molar-refractivity contribution in [3.05, 3.63) is 34.1 Å². The molecule has 1 atom stereocenters. The molecule has 2 nitrogen and oxygen atoms in total. The van der Waals surface area contributed by atoms with Gasteiger partial charge in [0.25, 0.3) is 0 Å². The summed E-state index contributed by atoms with van der Waals surface area (Å²) in [5.41, 5.74) is 1.03. The minimum atomic E-state index is -0.172. The van der Waals surface area contributed by atoms with E-state index in [0.717, 1.165) is 36.2 Å². The molecule has 0 radical (unpaired) electrons. The molecule has 18 heavy (non-hydrogen) atoms. The van der Waals surface area contributed by atoms with Gasteiger partial charge >= 0.3 is 0 Å². The fourth-order valence-electron chi connectivity index (χ4n) is 2.49. The number of nitrogens with zero attached hydrogens (tertiary/aromatic N) is 1. The smallest absolute Gasteiger partial charge is 0.124 e. The average molecular weight is 315 g/mol. The van der Waals surface area contributed by atoms with Gasteiger partial charge in [-0.25, -0.2) is 4.39 Å². The summed E-state index contributed by atoms with van der Waals surface area (Å²) in [7, 11) is 0. The van der Waals surface area contributed by atoms with Gasteiger partial charge in [-0.3, -0.25) is 4.90 Å². The Labute approximate surface area is 117 Å². The summed E-state index contributed by atoms with van der Waals surface area (Å²) < 4.78 is 14.1. The highest BCUT2D eigenvalue weighted by Crippen LogP contribution is 2.17. The van der Waals surface area contributed by atoms with Gasteiger partial charge < -0.3 is 5.32 Å². The molecule has 1 aliphatic rings. The first-order chi connectivity index (χ1) is 8.67. The molecule has 0 aliphatic carbocycles. The topological polar surface area (TPSA) is 15.3 Å². The van der Waals surface area contributed by atoms with Crippen LogP contribution in [-0.4, -0.2) is 30.6 Å². The van der Waals surface area contributed by atoms with E-state index in [9.17, 15) is 4.39 Å². The Hall–Kier alpha value is -0.450. The second kappa shape index (κ2) is 6.64. The molecule has 0 amide bonds. The lowest BCUT2D eigenvalue weighted by atomic mass is 10.1. The van der Waals surface area contributed by atoms with E-state index in [-0.39, 0.29) is 5.82 Å². The van der Waals surface area contributed by atoms with Crippen molar-refractivity contribution in [2.24, 2.45) is 0 Å². The van der Waals surface area contributed by atoms with Gasteiger partial charge in [0.2, 0.25) is 0 Å². The first-order valence-electron chi connectivity index (χ1n) is 6.58. The highest BCUT2D eigenvalue weighted by atomic mass is 79.9. The third kappa shape index (κ3) is 4.04. The third-order valence-corrected chi connectivity index (χ3v) is 3.87. The Kier molecular flexibility index (Phi) is 5.15. The first kappa shape index (κ1) is 14.0. The zero-order chi connectivity index (χ0) is 13.0. The van der Waals surface area contributed by atoms with Crippen LogP contribution in [0.5, 0.6) is 0 Å². The molecule has 1 aromatic carbocycles. The summed E-state index contributed by atoms with van der Waals surface area (Å²) in [6.07, 6.45) is 2.52. The normalized spacial score (nSPS) is 19.7. The highest BCUT2D eigenvalue weighted by Gasteiger charge is 2.17. The molecule has 1 heterocycles. The summed E-state index contributed by atoms with van der Waals surface area (Å²) in [5.74, 6) is -0.172. The SMILES string of the molecule is CCN(Cc1cc(F)cc(Br)c1)CC1CCCN1. The van der Waals surface area contributed by atoms with Gasteiger partial charge in [-0.15, -0.1) is 0 Å². The van der Waals surface area contributed by atoms with Gasteiger partial charge in [-0.2, -0.15) is 0 Å². The fraction of sp³-hybridized carbons (Fsp3) is 0.571. The average Bonchev–Trinajstić information content (AvgIpc) is 2.79. The van der Waals surface area contributed by atoms with Crippen molar-refractivity contribution >= 4 is 15.9 Å². The number of hydrogen-bond acceptors (Lipinski definition) is 2. The maximum Gasteiger partial charge on any atom is 0.124 e. The van der Waals surface area contributed by atoms with Crippen LogP contribution in [0.15, 0.2) is 22.7 Å². The number of halogens is 2. The maximum atomic E-state index is 13.3. The van der Waals surface area contributed by atoms with Crippen LogP contribution in [0.3, 0.4) is 0 Å². The predicted octanol–water partition coefficient (Wildman–Crippen LogP) is 3.16. The van der Waals surface area contributed by atoms with Gasteiger partial charge in [0.15, 0.2) is 0 Å². The minimum absolute atomic E-state index is 0.172. The van der Waals surface area contributed by atoms with E-state index < -0.39 is 0 Å². The van der Waals surface area contributed by atoms with Crippen LogP contribution in [0.2, 0.25) is 0 Å². The van der Waals surface area contributed by atoms with E-state index in [2.05, 4.69) is 33.1 Å². The molecule has 1 N–H and O–H groups in total. The van der Waals surface area contributed by atoms with Crippen LogP contribution in [-0.2, 0) is 6.54 Å². The molecule has 0 bridgehead atoms. The van der Waals surface area contributed by atoms with Gasteiger partial charge in [0.1, 0.15) is 5.82 Å². The number of rotatable bonds is 5.